The van der Waals surface area contributed by atoms with E-state index >= 15 is 0 Å². The molecule has 142 valence electrons. The van der Waals surface area contributed by atoms with Gasteiger partial charge in [0.25, 0.3) is 0 Å². The molecule has 2 atom stereocenters. The summed E-state index contributed by atoms with van der Waals surface area (Å²) in [6.07, 6.45) is 1.05. The number of likely N-dealkylation sites (tertiary alicyclic amines) is 1. The number of fused-ring (bicyclic) bond motifs is 1. The smallest absolute Gasteiger partial charge is 0.119 e. The van der Waals surface area contributed by atoms with E-state index < -0.39 is 0 Å². The van der Waals surface area contributed by atoms with E-state index in [1.807, 2.05) is 6.07 Å². The molecule has 27 heavy (non-hydrogen) atoms. The van der Waals surface area contributed by atoms with E-state index in [9.17, 15) is 0 Å². The van der Waals surface area contributed by atoms with Crippen LogP contribution in [0.15, 0.2) is 59.7 Å². The Hall–Kier alpha value is -2.33. The van der Waals surface area contributed by atoms with Crippen molar-refractivity contribution in [3.8, 4) is 5.75 Å². The maximum atomic E-state index is 5.93. The van der Waals surface area contributed by atoms with Gasteiger partial charge in [-0.15, -0.1) is 0 Å². The van der Waals surface area contributed by atoms with Crippen LogP contribution in [-0.4, -0.2) is 30.3 Å². The highest BCUT2D eigenvalue weighted by atomic mass is 16.5. The third-order valence-electron chi connectivity index (χ3n) is 5.37. The van der Waals surface area contributed by atoms with Crippen LogP contribution in [0.3, 0.4) is 0 Å². The predicted octanol–water partition coefficient (Wildman–Crippen LogP) is 4.24. The summed E-state index contributed by atoms with van der Waals surface area (Å²) in [4.78, 5) is 2.55. The summed E-state index contributed by atoms with van der Waals surface area (Å²) in [6, 6.07) is 19.5. The fourth-order valence-electron chi connectivity index (χ4n) is 3.96. The molecule has 0 amide bonds. The van der Waals surface area contributed by atoms with Crippen LogP contribution in [0.1, 0.15) is 37.4 Å². The molecule has 1 saturated heterocycles. The number of benzene rings is 2. The third kappa shape index (κ3) is 4.33. The van der Waals surface area contributed by atoms with E-state index in [2.05, 4.69) is 77.8 Å². The van der Waals surface area contributed by atoms with Gasteiger partial charge in [0.1, 0.15) is 5.75 Å². The highest BCUT2D eigenvalue weighted by Crippen LogP contribution is 2.34. The van der Waals surface area contributed by atoms with Crippen molar-refractivity contribution in [2.75, 3.05) is 19.7 Å². The normalized spacial score (nSPS) is 22.3. The van der Waals surface area contributed by atoms with Crippen LogP contribution >= 0.6 is 0 Å². The zero-order valence-corrected chi connectivity index (χ0v) is 16.3. The molecule has 4 heteroatoms. The lowest BCUT2D eigenvalue weighted by atomic mass is 9.86. The van der Waals surface area contributed by atoms with Crippen molar-refractivity contribution in [3.63, 3.8) is 0 Å². The van der Waals surface area contributed by atoms with Gasteiger partial charge < -0.3 is 10.2 Å². The quantitative estimate of drug-likeness (QED) is 0.834. The zero-order chi connectivity index (χ0) is 18.6. The Morgan fingerprint density at radius 2 is 2.00 bits per heavy atom. The number of nitrogens with zero attached hydrogens (tertiary/aromatic N) is 2. The molecule has 2 heterocycles. The van der Waals surface area contributed by atoms with Crippen molar-refractivity contribution in [2.45, 2.75) is 32.9 Å². The molecule has 2 aromatic carbocycles. The first-order chi connectivity index (χ1) is 13.2. The van der Waals surface area contributed by atoms with Crippen molar-refractivity contribution >= 4 is 5.71 Å². The first-order valence-corrected chi connectivity index (χ1v) is 10.00. The Labute approximate surface area is 162 Å². The van der Waals surface area contributed by atoms with E-state index in [0.717, 1.165) is 38.4 Å². The summed E-state index contributed by atoms with van der Waals surface area (Å²) in [7, 11) is 0. The fraction of sp³-hybridized carbons (Fsp3) is 0.435. The molecule has 0 aromatic heterocycles. The standard InChI is InChI=1S/C23H29N3O/c1-17(2)16-27-20-10-6-9-19(13-20)23-21-15-26(12-11-22(21)24-25-23)14-18-7-4-3-5-8-18/h3-10,13,17,21,23,25H,11-12,14-16H2,1-2H3. The maximum Gasteiger partial charge on any atom is 0.119 e. The first-order valence-electron chi connectivity index (χ1n) is 10.00. The van der Waals surface area contributed by atoms with Crippen molar-refractivity contribution in [1.82, 2.24) is 10.3 Å². The molecule has 1 N–H and O–H groups in total. The second kappa shape index (κ2) is 8.13. The second-order valence-electron chi connectivity index (χ2n) is 8.06. The molecule has 4 nitrogen and oxygen atoms in total. The van der Waals surface area contributed by atoms with Gasteiger partial charge in [0.05, 0.1) is 12.6 Å². The van der Waals surface area contributed by atoms with Gasteiger partial charge in [0.15, 0.2) is 0 Å². The summed E-state index contributed by atoms with van der Waals surface area (Å²) in [6.45, 7) is 8.22. The van der Waals surface area contributed by atoms with Crippen LogP contribution in [0.5, 0.6) is 5.75 Å². The fourth-order valence-corrected chi connectivity index (χ4v) is 3.96. The predicted molar refractivity (Wildman–Crippen MR) is 110 cm³/mol. The van der Waals surface area contributed by atoms with Gasteiger partial charge in [-0.3, -0.25) is 4.90 Å². The molecule has 0 aliphatic carbocycles. The summed E-state index contributed by atoms with van der Waals surface area (Å²) >= 11 is 0. The van der Waals surface area contributed by atoms with E-state index in [-0.39, 0.29) is 6.04 Å². The van der Waals surface area contributed by atoms with E-state index in [0.29, 0.717) is 11.8 Å². The molecule has 2 aliphatic heterocycles. The average molecular weight is 364 g/mol. The Kier molecular flexibility index (Phi) is 5.44. The van der Waals surface area contributed by atoms with Crippen molar-refractivity contribution in [3.05, 3.63) is 65.7 Å². The van der Waals surface area contributed by atoms with Gasteiger partial charge in [-0.25, -0.2) is 0 Å². The number of hydrogen-bond acceptors (Lipinski definition) is 4. The van der Waals surface area contributed by atoms with Gasteiger partial charge in [0.2, 0.25) is 0 Å². The van der Waals surface area contributed by atoms with Crippen LogP contribution in [-0.2, 0) is 6.54 Å². The maximum absolute atomic E-state index is 5.93. The number of hydrogen-bond donors (Lipinski definition) is 1. The van der Waals surface area contributed by atoms with E-state index in [1.54, 1.807) is 0 Å². The van der Waals surface area contributed by atoms with Crippen LogP contribution in [0.25, 0.3) is 0 Å². The summed E-state index contributed by atoms with van der Waals surface area (Å²) in [5, 5.41) is 4.66. The molecule has 2 aromatic rings. The molecule has 2 unspecified atom stereocenters. The van der Waals surface area contributed by atoms with Gasteiger partial charge >= 0.3 is 0 Å². The van der Waals surface area contributed by atoms with Crippen molar-refractivity contribution in [2.24, 2.45) is 16.9 Å². The largest absolute Gasteiger partial charge is 0.493 e. The van der Waals surface area contributed by atoms with Gasteiger partial charge in [-0.2, -0.15) is 5.10 Å². The average Bonchev–Trinajstić information content (AvgIpc) is 3.11. The highest BCUT2D eigenvalue weighted by molar-refractivity contribution is 5.89. The van der Waals surface area contributed by atoms with Crippen molar-refractivity contribution in [1.29, 1.82) is 0 Å². The lowest BCUT2D eigenvalue weighted by Gasteiger charge is -2.33. The van der Waals surface area contributed by atoms with E-state index in [1.165, 1.54) is 16.8 Å². The number of ether oxygens (including phenoxy) is 1. The van der Waals surface area contributed by atoms with Crippen LogP contribution < -0.4 is 10.2 Å². The molecule has 0 bridgehead atoms. The molecule has 0 radical (unpaired) electrons. The lowest BCUT2D eigenvalue weighted by molar-refractivity contribution is 0.220. The minimum absolute atomic E-state index is 0.237. The Bertz CT molecular complexity index is 787. The van der Waals surface area contributed by atoms with Crippen LogP contribution in [0, 0.1) is 11.8 Å². The monoisotopic (exact) mass is 363 g/mol. The van der Waals surface area contributed by atoms with Crippen molar-refractivity contribution < 1.29 is 4.74 Å². The topological polar surface area (TPSA) is 36.9 Å². The SMILES string of the molecule is CC(C)COc1cccc(C2NN=C3CCN(Cc4ccccc4)CC32)c1. The summed E-state index contributed by atoms with van der Waals surface area (Å²) in [5.74, 6) is 1.91. The van der Waals surface area contributed by atoms with E-state index in [4.69, 9.17) is 4.74 Å². The van der Waals surface area contributed by atoms with Gasteiger partial charge in [0, 0.05) is 37.7 Å². The molecule has 1 fully saturated rings. The number of rotatable bonds is 6. The molecule has 0 spiro atoms. The van der Waals surface area contributed by atoms with Gasteiger partial charge in [-0.05, 0) is 29.2 Å². The minimum atomic E-state index is 0.237. The number of nitrogens with one attached hydrogen (secondary N) is 1. The lowest BCUT2D eigenvalue weighted by Crippen LogP contribution is -2.41. The third-order valence-corrected chi connectivity index (χ3v) is 5.37. The second-order valence-corrected chi connectivity index (χ2v) is 8.06. The van der Waals surface area contributed by atoms with Gasteiger partial charge in [-0.1, -0.05) is 56.3 Å². The van der Waals surface area contributed by atoms with Crippen LogP contribution in [0.2, 0.25) is 0 Å². The molecular formula is C23H29N3O. The Morgan fingerprint density at radius 3 is 2.81 bits per heavy atom. The minimum Gasteiger partial charge on any atom is -0.493 e. The summed E-state index contributed by atoms with van der Waals surface area (Å²) in [5.41, 5.74) is 7.36. The molecule has 2 aliphatic rings. The van der Waals surface area contributed by atoms with Crippen LogP contribution in [0.4, 0.5) is 0 Å². The first kappa shape index (κ1) is 18.1. The molecular weight excluding hydrogens is 334 g/mol. The highest BCUT2D eigenvalue weighted by Gasteiger charge is 2.37. The zero-order valence-electron chi connectivity index (χ0n) is 16.3. The Morgan fingerprint density at radius 1 is 1.15 bits per heavy atom. The Balaban J connectivity index is 1.45. The summed E-state index contributed by atoms with van der Waals surface area (Å²) < 4.78 is 5.93. The number of hydrazone groups is 1. The number of piperidine rings is 1. The molecule has 0 saturated carbocycles. The molecule has 4 rings (SSSR count).